The van der Waals surface area contributed by atoms with E-state index in [0.717, 1.165) is 23.4 Å². The van der Waals surface area contributed by atoms with Crippen molar-refractivity contribution in [1.82, 2.24) is 10.4 Å². The van der Waals surface area contributed by atoms with Crippen LogP contribution in [0.4, 0.5) is 5.69 Å². The molecule has 0 atom stereocenters. The highest BCUT2D eigenvalue weighted by Gasteiger charge is 2.51. The third-order valence-corrected chi connectivity index (χ3v) is 8.72. The van der Waals surface area contributed by atoms with Crippen molar-refractivity contribution in [3.8, 4) is 11.5 Å². The van der Waals surface area contributed by atoms with E-state index in [1.165, 1.54) is 50.3 Å². The van der Waals surface area contributed by atoms with Gasteiger partial charge in [-0.3, -0.25) is 14.6 Å². The average Bonchev–Trinajstić information content (AvgIpc) is 2.97. The lowest BCUT2D eigenvalue weighted by Crippen LogP contribution is -2.48. The van der Waals surface area contributed by atoms with Crippen molar-refractivity contribution in [2.24, 2.45) is 22.9 Å². The number of ether oxygens (including phenoxy) is 2. The minimum atomic E-state index is -0.403. The van der Waals surface area contributed by atoms with Gasteiger partial charge < -0.3 is 14.8 Å². The van der Waals surface area contributed by atoms with Crippen molar-refractivity contribution >= 4 is 23.7 Å². The van der Waals surface area contributed by atoms with Crippen LogP contribution in [0.1, 0.15) is 67.1 Å². The molecule has 4 fully saturated rings. The van der Waals surface area contributed by atoms with E-state index in [-0.39, 0.29) is 18.2 Å². The summed E-state index contributed by atoms with van der Waals surface area (Å²) in [4.78, 5) is 28.8. The summed E-state index contributed by atoms with van der Waals surface area (Å²) in [6.45, 7) is 2.15. The zero-order chi connectivity index (χ0) is 28.2. The number of hydrazone groups is 1. The molecule has 212 valence electrons. The van der Waals surface area contributed by atoms with Gasteiger partial charge in [-0.05, 0) is 122 Å². The van der Waals surface area contributed by atoms with E-state index in [9.17, 15) is 9.59 Å². The summed E-state index contributed by atoms with van der Waals surface area (Å²) >= 11 is 0. The van der Waals surface area contributed by atoms with Crippen LogP contribution >= 0.6 is 0 Å². The van der Waals surface area contributed by atoms with E-state index in [1.54, 1.807) is 42.6 Å². The number of carbonyl (C=O) groups is 2. The zero-order valence-corrected chi connectivity index (χ0v) is 23.3. The van der Waals surface area contributed by atoms with Crippen molar-refractivity contribution in [1.29, 1.82) is 0 Å². The molecule has 0 unspecified atom stereocenters. The number of nitrogens with one attached hydrogen (secondary N) is 2. The number of nitrogens with zero attached hydrogens (tertiary/aromatic N) is 2. The molecule has 0 radical (unpaired) electrons. The highest BCUT2D eigenvalue weighted by atomic mass is 16.5. The van der Waals surface area contributed by atoms with Crippen LogP contribution in [-0.4, -0.2) is 36.2 Å². The maximum atomic E-state index is 12.7. The van der Waals surface area contributed by atoms with Crippen molar-refractivity contribution in [2.75, 3.05) is 18.5 Å². The van der Waals surface area contributed by atoms with Crippen LogP contribution in [0.15, 0.2) is 72.0 Å². The fraction of sp³-hybridized carbons (Fsp3) is 0.394. The Labute approximate surface area is 240 Å². The van der Waals surface area contributed by atoms with Gasteiger partial charge in [0.25, 0.3) is 11.8 Å². The van der Waals surface area contributed by atoms with Crippen LogP contribution in [0.2, 0.25) is 0 Å². The number of pyridine rings is 1. The maximum Gasteiger partial charge on any atom is 0.289 e. The Morgan fingerprint density at radius 2 is 1.68 bits per heavy atom. The second-order valence-corrected chi connectivity index (χ2v) is 11.7. The predicted octanol–water partition coefficient (Wildman–Crippen LogP) is 5.73. The van der Waals surface area contributed by atoms with Gasteiger partial charge in [-0.15, -0.1) is 0 Å². The van der Waals surface area contributed by atoms with Gasteiger partial charge in [0.05, 0.1) is 12.8 Å². The molecule has 4 aliphatic rings. The Morgan fingerprint density at radius 1 is 0.951 bits per heavy atom. The first-order valence-corrected chi connectivity index (χ1v) is 14.5. The first kappa shape index (κ1) is 27.0. The topological polar surface area (TPSA) is 102 Å². The summed E-state index contributed by atoms with van der Waals surface area (Å²) < 4.78 is 11.5. The first-order valence-electron chi connectivity index (χ1n) is 14.5. The molecule has 0 aliphatic heterocycles. The van der Waals surface area contributed by atoms with Crippen LogP contribution in [-0.2, 0) is 10.2 Å². The minimum absolute atomic E-state index is 0.148. The van der Waals surface area contributed by atoms with Gasteiger partial charge in [0.1, 0.15) is 5.69 Å². The Kier molecular flexibility index (Phi) is 7.72. The lowest BCUT2D eigenvalue weighted by Gasteiger charge is -2.57. The summed E-state index contributed by atoms with van der Waals surface area (Å²) in [5, 5.41) is 6.96. The Balaban J connectivity index is 1.03. The number of hydrogen-bond acceptors (Lipinski definition) is 6. The fourth-order valence-corrected chi connectivity index (χ4v) is 7.42. The number of anilines is 1. The highest BCUT2D eigenvalue weighted by Crippen LogP contribution is 2.60. The molecule has 41 heavy (non-hydrogen) atoms. The third-order valence-electron chi connectivity index (χ3n) is 8.72. The molecule has 8 nitrogen and oxygen atoms in total. The number of hydrogen-bond donors (Lipinski definition) is 2. The van der Waals surface area contributed by atoms with Crippen molar-refractivity contribution in [2.45, 2.75) is 50.9 Å². The first-order chi connectivity index (χ1) is 20.0. The summed E-state index contributed by atoms with van der Waals surface area (Å²) in [7, 11) is 0. The van der Waals surface area contributed by atoms with Crippen LogP contribution < -0.4 is 20.2 Å². The molecule has 2 amide bonds. The molecule has 0 spiro atoms. The standard InChI is InChI=1S/C33H36N4O4/c1-2-40-30-16-22(20-35-37-32(39)28-5-3-4-12-34-28)6-11-29(30)41-21-31(38)36-27-9-7-26(8-10-27)33-17-23-13-24(18-33)15-25(14-23)19-33/h3-12,16,20,23-25H,2,13-15,17-19,21H2,1H3,(H,36,38)(H,37,39)/b35-20-. The maximum absolute atomic E-state index is 12.7. The summed E-state index contributed by atoms with van der Waals surface area (Å²) in [6.07, 6.45) is 11.3. The largest absolute Gasteiger partial charge is 0.490 e. The number of amides is 2. The lowest BCUT2D eigenvalue weighted by molar-refractivity contribution is -0.118. The molecule has 7 rings (SSSR count). The number of rotatable bonds is 10. The number of carbonyl (C=O) groups excluding carboxylic acids is 2. The summed E-state index contributed by atoms with van der Waals surface area (Å²) in [5.41, 5.74) is 5.99. The third kappa shape index (κ3) is 6.11. The van der Waals surface area contributed by atoms with E-state index in [2.05, 4.69) is 33.0 Å². The van der Waals surface area contributed by atoms with Gasteiger partial charge in [-0.25, -0.2) is 5.43 Å². The van der Waals surface area contributed by atoms with Crippen molar-refractivity contribution in [3.05, 3.63) is 83.7 Å². The lowest BCUT2D eigenvalue weighted by atomic mass is 9.48. The molecule has 4 saturated carbocycles. The predicted molar refractivity (Wildman–Crippen MR) is 157 cm³/mol. The zero-order valence-electron chi connectivity index (χ0n) is 23.3. The molecule has 0 saturated heterocycles. The van der Waals surface area contributed by atoms with Crippen LogP contribution in [0.25, 0.3) is 0 Å². The van der Waals surface area contributed by atoms with Crippen LogP contribution in [0.3, 0.4) is 0 Å². The van der Waals surface area contributed by atoms with Crippen LogP contribution in [0, 0.1) is 17.8 Å². The quantitative estimate of drug-likeness (QED) is 0.247. The highest BCUT2D eigenvalue weighted by molar-refractivity contribution is 5.93. The van der Waals surface area contributed by atoms with Crippen molar-refractivity contribution < 1.29 is 19.1 Å². The van der Waals surface area contributed by atoms with Gasteiger partial charge in [0.2, 0.25) is 0 Å². The van der Waals surface area contributed by atoms with Gasteiger partial charge in [0, 0.05) is 11.9 Å². The molecule has 8 heteroatoms. The molecular formula is C33H36N4O4. The summed E-state index contributed by atoms with van der Waals surface area (Å²) in [6, 6.07) is 18.8. The normalized spacial score (nSPS) is 24.3. The van der Waals surface area contributed by atoms with E-state index in [1.807, 2.05) is 19.1 Å². The molecule has 2 aromatic carbocycles. The van der Waals surface area contributed by atoms with E-state index < -0.39 is 5.91 Å². The van der Waals surface area contributed by atoms with E-state index in [0.29, 0.717) is 29.1 Å². The van der Waals surface area contributed by atoms with E-state index in [4.69, 9.17) is 9.47 Å². The Hall–Kier alpha value is -4.20. The molecule has 2 N–H and O–H groups in total. The number of aromatic nitrogens is 1. The van der Waals surface area contributed by atoms with Gasteiger partial charge in [0.15, 0.2) is 18.1 Å². The molecule has 1 aromatic heterocycles. The second kappa shape index (κ2) is 11.7. The Bertz CT molecular complexity index is 1390. The Morgan fingerprint density at radius 3 is 2.34 bits per heavy atom. The molecule has 1 heterocycles. The second-order valence-electron chi connectivity index (χ2n) is 11.7. The van der Waals surface area contributed by atoms with Gasteiger partial charge >= 0.3 is 0 Å². The van der Waals surface area contributed by atoms with E-state index >= 15 is 0 Å². The van der Waals surface area contributed by atoms with Gasteiger partial charge in [-0.2, -0.15) is 5.10 Å². The average molecular weight is 553 g/mol. The fourth-order valence-electron chi connectivity index (χ4n) is 7.42. The molecule has 4 bridgehead atoms. The van der Waals surface area contributed by atoms with Gasteiger partial charge in [-0.1, -0.05) is 18.2 Å². The smallest absolute Gasteiger partial charge is 0.289 e. The molecule has 4 aliphatic carbocycles. The minimum Gasteiger partial charge on any atom is -0.490 e. The number of benzene rings is 2. The SMILES string of the molecule is CCOc1cc(/C=N\NC(=O)c2ccccn2)ccc1OCC(=O)Nc1ccc(C23CC4CC(CC(C4)C2)C3)cc1. The molecule has 3 aromatic rings. The monoisotopic (exact) mass is 552 g/mol. The van der Waals surface area contributed by atoms with Crippen LogP contribution in [0.5, 0.6) is 11.5 Å². The molecular weight excluding hydrogens is 516 g/mol. The summed E-state index contributed by atoms with van der Waals surface area (Å²) in [5.74, 6) is 3.00. The van der Waals surface area contributed by atoms with Crippen molar-refractivity contribution in [3.63, 3.8) is 0 Å².